The number of benzene rings is 1. The highest BCUT2D eigenvalue weighted by Crippen LogP contribution is 2.38. The maximum absolute atomic E-state index is 13.3. The third kappa shape index (κ3) is 3.71. The summed E-state index contributed by atoms with van der Waals surface area (Å²) >= 11 is 0. The van der Waals surface area contributed by atoms with E-state index >= 15 is 0 Å². The molecule has 1 amide bonds. The van der Waals surface area contributed by atoms with E-state index in [2.05, 4.69) is 4.36 Å². The molecule has 22 heavy (non-hydrogen) atoms. The van der Waals surface area contributed by atoms with Gasteiger partial charge in [0.25, 0.3) is 0 Å². The summed E-state index contributed by atoms with van der Waals surface area (Å²) in [6.45, 7) is 5.23. The van der Waals surface area contributed by atoms with Crippen molar-refractivity contribution in [3.05, 3.63) is 18.2 Å². The molecule has 1 aliphatic rings. The number of nitrogen functional groups attached to an aromatic ring is 1. The molecule has 0 spiro atoms. The second kappa shape index (κ2) is 5.79. The van der Waals surface area contributed by atoms with Gasteiger partial charge in [-0.1, -0.05) is 0 Å². The van der Waals surface area contributed by atoms with Gasteiger partial charge in [-0.05, 0) is 51.8 Å². The molecule has 1 fully saturated rings. The number of rotatable bonds is 3. The van der Waals surface area contributed by atoms with E-state index in [4.69, 9.17) is 15.2 Å². The lowest BCUT2D eigenvalue weighted by Gasteiger charge is -2.18. The molecule has 0 saturated heterocycles. The number of carbonyl (C=O) groups excluding carboxylic acids is 1. The zero-order valence-electron chi connectivity index (χ0n) is 13.3. The molecule has 0 aliphatic heterocycles. The van der Waals surface area contributed by atoms with Crippen LogP contribution in [-0.4, -0.2) is 28.3 Å². The molecule has 1 aliphatic carbocycles. The van der Waals surface area contributed by atoms with Gasteiger partial charge in [-0.15, -0.1) is 4.36 Å². The summed E-state index contributed by atoms with van der Waals surface area (Å²) in [6.07, 6.45) is 0.746. The highest BCUT2D eigenvalue weighted by molar-refractivity contribution is 7.94. The number of hydrogen-bond acceptors (Lipinski definition) is 5. The summed E-state index contributed by atoms with van der Waals surface area (Å²) in [5.41, 5.74) is 5.55. The van der Waals surface area contributed by atoms with Crippen LogP contribution in [0, 0.1) is 0 Å². The summed E-state index contributed by atoms with van der Waals surface area (Å²) in [5.74, 6) is 0.422. The first-order chi connectivity index (χ1) is 10.2. The van der Waals surface area contributed by atoms with Gasteiger partial charge in [-0.3, -0.25) is 0 Å². The Kier molecular flexibility index (Phi) is 4.37. The summed E-state index contributed by atoms with van der Waals surface area (Å²) in [4.78, 5) is 12.4. The van der Waals surface area contributed by atoms with E-state index in [0.717, 1.165) is 12.8 Å². The molecular weight excluding hydrogens is 304 g/mol. The van der Waals surface area contributed by atoms with Crippen molar-refractivity contribution in [2.45, 2.75) is 49.4 Å². The zero-order chi connectivity index (χ0) is 16.5. The molecule has 0 radical (unpaired) electrons. The van der Waals surface area contributed by atoms with Crippen molar-refractivity contribution in [2.24, 2.45) is 4.36 Å². The van der Waals surface area contributed by atoms with E-state index in [-0.39, 0.29) is 5.25 Å². The number of anilines is 1. The van der Waals surface area contributed by atoms with Crippen molar-refractivity contribution in [3.8, 4) is 5.75 Å². The monoisotopic (exact) mass is 326 g/mol. The normalized spacial score (nSPS) is 17.5. The van der Waals surface area contributed by atoms with Gasteiger partial charge < -0.3 is 15.2 Å². The molecule has 7 heteroatoms. The summed E-state index contributed by atoms with van der Waals surface area (Å²) in [5, 5.41) is -0.131. The van der Waals surface area contributed by atoms with Gasteiger partial charge in [0.2, 0.25) is 0 Å². The van der Waals surface area contributed by atoms with Gasteiger partial charge in [0.15, 0.2) is 0 Å². The minimum Gasteiger partial charge on any atom is -0.495 e. The SMILES string of the molecule is COc1cc(S(=O)(=NC(=O)OC(C)(C)C)C2CC2)ccc1N. The smallest absolute Gasteiger partial charge is 0.442 e. The first-order valence-electron chi connectivity index (χ1n) is 7.08. The van der Waals surface area contributed by atoms with Crippen LogP contribution in [0.25, 0.3) is 0 Å². The summed E-state index contributed by atoms with van der Waals surface area (Å²) in [7, 11) is -1.39. The predicted molar refractivity (Wildman–Crippen MR) is 85.5 cm³/mol. The number of methoxy groups -OCH3 is 1. The number of nitrogens with two attached hydrogens (primary N) is 1. The second-order valence-electron chi connectivity index (χ2n) is 6.24. The third-order valence-corrected chi connectivity index (χ3v) is 5.85. The van der Waals surface area contributed by atoms with Gasteiger partial charge in [0.1, 0.15) is 11.4 Å². The summed E-state index contributed by atoms with van der Waals surface area (Å²) in [6, 6.07) is 4.83. The quantitative estimate of drug-likeness (QED) is 0.861. The Labute approximate surface area is 131 Å². The van der Waals surface area contributed by atoms with E-state index in [1.165, 1.54) is 7.11 Å². The number of carbonyl (C=O) groups is 1. The Balaban J connectivity index is 2.45. The lowest BCUT2D eigenvalue weighted by Crippen LogP contribution is -2.23. The molecule has 2 N–H and O–H groups in total. The fraction of sp³-hybridized carbons (Fsp3) is 0.533. The predicted octanol–water partition coefficient (Wildman–Crippen LogP) is 3.20. The Morgan fingerprint density at radius 1 is 1.36 bits per heavy atom. The Morgan fingerprint density at radius 3 is 2.50 bits per heavy atom. The van der Waals surface area contributed by atoms with Gasteiger partial charge in [-0.2, -0.15) is 0 Å². The number of amides is 1. The molecule has 1 aromatic carbocycles. The largest absolute Gasteiger partial charge is 0.495 e. The number of hydrogen-bond donors (Lipinski definition) is 1. The molecular formula is C15H22N2O4S. The average molecular weight is 326 g/mol. The van der Waals surface area contributed by atoms with Gasteiger partial charge in [0, 0.05) is 5.25 Å². The molecule has 6 nitrogen and oxygen atoms in total. The highest BCUT2D eigenvalue weighted by atomic mass is 32.2. The number of nitrogens with zero attached hydrogens (tertiary/aromatic N) is 1. The van der Waals surface area contributed by atoms with Crippen LogP contribution in [0.2, 0.25) is 0 Å². The zero-order valence-corrected chi connectivity index (χ0v) is 14.1. The lowest BCUT2D eigenvalue weighted by atomic mass is 10.2. The first kappa shape index (κ1) is 16.6. The van der Waals surface area contributed by atoms with Crippen molar-refractivity contribution < 1.29 is 18.5 Å². The fourth-order valence-corrected chi connectivity index (χ4v) is 4.18. The maximum Gasteiger partial charge on any atom is 0.442 e. The molecule has 1 aromatic rings. The molecule has 1 unspecified atom stereocenters. The molecule has 122 valence electrons. The maximum atomic E-state index is 13.3. The van der Waals surface area contributed by atoms with E-state index in [0.29, 0.717) is 16.3 Å². The van der Waals surface area contributed by atoms with Crippen molar-refractivity contribution >= 4 is 21.5 Å². The van der Waals surface area contributed by atoms with Crippen LogP contribution in [0.15, 0.2) is 27.5 Å². The van der Waals surface area contributed by atoms with Crippen LogP contribution >= 0.6 is 0 Å². The van der Waals surface area contributed by atoms with E-state index in [1.54, 1.807) is 39.0 Å². The minimum atomic E-state index is -2.88. The van der Waals surface area contributed by atoms with Crippen LogP contribution in [0.3, 0.4) is 0 Å². The molecule has 0 aromatic heterocycles. The van der Waals surface area contributed by atoms with Gasteiger partial charge in [-0.25, -0.2) is 9.00 Å². The van der Waals surface area contributed by atoms with Gasteiger partial charge >= 0.3 is 6.09 Å². The van der Waals surface area contributed by atoms with Crippen LogP contribution in [0.5, 0.6) is 5.75 Å². The standard InChI is InChI=1S/C15H22N2O4S/c1-15(2,3)21-14(18)17-22(19,10-5-6-10)11-7-8-12(16)13(9-11)20-4/h7-10H,5-6,16H2,1-4H3. The number of ether oxygens (including phenoxy) is 2. The van der Waals surface area contributed by atoms with Crippen LogP contribution in [0.4, 0.5) is 10.5 Å². The van der Waals surface area contributed by atoms with Gasteiger partial charge in [0.05, 0.1) is 27.4 Å². The van der Waals surface area contributed by atoms with Crippen molar-refractivity contribution in [3.63, 3.8) is 0 Å². The average Bonchev–Trinajstić information content (AvgIpc) is 3.21. The molecule has 1 saturated carbocycles. The third-order valence-electron chi connectivity index (χ3n) is 3.12. The molecule has 0 bridgehead atoms. The van der Waals surface area contributed by atoms with Crippen LogP contribution < -0.4 is 10.5 Å². The van der Waals surface area contributed by atoms with E-state index < -0.39 is 21.4 Å². The summed E-state index contributed by atoms with van der Waals surface area (Å²) < 4.78 is 27.5. The van der Waals surface area contributed by atoms with Crippen LogP contribution in [0.1, 0.15) is 33.6 Å². The van der Waals surface area contributed by atoms with Crippen LogP contribution in [-0.2, 0) is 14.5 Å². The first-order valence-corrected chi connectivity index (χ1v) is 8.66. The molecule has 0 heterocycles. The fourth-order valence-electron chi connectivity index (χ4n) is 1.97. The molecule has 2 rings (SSSR count). The van der Waals surface area contributed by atoms with E-state index in [1.807, 2.05) is 0 Å². The van der Waals surface area contributed by atoms with Crippen molar-refractivity contribution in [1.29, 1.82) is 0 Å². The Bertz CT molecular complexity index is 696. The molecule has 1 atom stereocenters. The lowest BCUT2D eigenvalue weighted by molar-refractivity contribution is 0.0607. The topological polar surface area (TPSA) is 91.0 Å². The minimum absolute atomic E-state index is 0.131. The second-order valence-corrected chi connectivity index (χ2v) is 8.70. The highest BCUT2D eigenvalue weighted by Gasteiger charge is 2.37. The van der Waals surface area contributed by atoms with Crippen molar-refractivity contribution in [2.75, 3.05) is 12.8 Å². The Morgan fingerprint density at radius 2 is 2.00 bits per heavy atom. The van der Waals surface area contributed by atoms with E-state index in [9.17, 15) is 9.00 Å². The Hall–Kier alpha value is -1.76. The van der Waals surface area contributed by atoms with Crippen molar-refractivity contribution in [1.82, 2.24) is 0 Å².